The zero-order valence-electron chi connectivity index (χ0n) is 7.37. The summed E-state index contributed by atoms with van der Waals surface area (Å²) in [6.07, 6.45) is 0. The first-order valence-corrected chi connectivity index (χ1v) is 2.78. The van der Waals surface area contributed by atoms with Gasteiger partial charge in [0.2, 0.25) is 0 Å². The predicted molar refractivity (Wildman–Crippen MR) is 34.9 cm³/mol. The van der Waals surface area contributed by atoms with Crippen LogP contribution in [0.1, 0.15) is 8.35 Å². The summed E-state index contributed by atoms with van der Waals surface area (Å²) >= 11 is 0. The van der Waals surface area contributed by atoms with Gasteiger partial charge in [0.05, 0.1) is 5.92 Å². The predicted octanol–water partition coefficient (Wildman–Crippen LogP) is -3.89. The van der Waals surface area contributed by atoms with E-state index < -0.39 is 11.9 Å². The second-order valence-electron chi connectivity index (χ2n) is 2.04. The van der Waals surface area contributed by atoms with Crippen LogP contribution in [0, 0.1) is 5.92 Å². The van der Waals surface area contributed by atoms with Crippen LogP contribution >= 0.6 is 0 Å². The minimum atomic E-state index is -0.924. The molecule has 4 nitrogen and oxygen atoms in total. The molecule has 0 saturated carbocycles. The molecule has 56 valence electrons. The van der Waals surface area contributed by atoms with Gasteiger partial charge in [0.25, 0.3) is 0 Å². The quantitative estimate of drug-likeness (QED) is 0.364. The van der Waals surface area contributed by atoms with Gasteiger partial charge in [-0.15, -0.1) is 0 Å². The summed E-state index contributed by atoms with van der Waals surface area (Å²) in [5, 5.41) is 8.38. The van der Waals surface area contributed by atoms with Gasteiger partial charge in [-0.05, 0) is 6.92 Å². The van der Waals surface area contributed by atoms with Crippen LogP contribution in [0.5, 0.6) is 0 Å². The summed E-state index contributed by atoms with van der Waals surface area (Å²) in [5.74, 6) is -1.53. The monoisotopic (exact) mass is 156 g/mol. The van der Waals surface area contributed by atoms with Gasteiger partial charge in [-0.1, -0.05) is 0 Å². The van der Waals surface area contributed by atoms with Crippen LogP contribution in [0.15, 0.2) is 0 Å². The number of carboxylic acids is 1. The summed E-state index contributed by atoms with van der Waals surface area (Å²) < 4.78 is 0. The third-order valence-corrected chi connectivity index (χ3v) is 1.21. The van der Waals surface area contributed by atoms with Crippen LogP contribution in [0.25, 0.3) is 0 Å². The van der Waals surface area contributed by atoms with Crippen molar-refractivity contribution < 1.29 is 40.9 Å². The van der Waals surface area contributed by atoms with Crippen LogP contribution < -0.4 is 41.0 Å². The van der Waals surface area contributed by atoms with Crippen molar-refractivity contribution in [3.05, 3.63) is 0 Å². The van der Waals surface area contributed by atoms with Crippen molar-refractivity contribution in [2.75, 3.05) is 6.54 Å². The Labute approximate surface area is 83.7 Å². The van der Waals surface area contributed by atoms with Crippen molar-refractivity contribution in [2.24, 2.45) is 17.4 Å². The largest absolute Gasteiger partial charge is 1.00 e. The van der Waals surface area contributed by atoms with Gasteiger partial charge in [-0.2, -0.15) is 0 Å². The Kier molecular flexibility index (Phi) is 7.97. The first-order valence-electron chi connectivity index (χ1n) is 2.78. The Morgan fingerprint density at radius 1 is 1.80 bits per heavy atom. The summed E-state index contributed by atoms with van der Waals surface area (Å²) in [4.78, 5) is 10.2. The maximum absolute atomic E-state index is 10.2. The minimum absolute atomic E-state index is 0. The molecule has 5 heteroatoms. The van der Waals surface area contributed by atoms with Crippen LogP contribution in [-0.2, 0) is 4.79 Å². The average molecular weight is 156 g/mol. The molecule has 2 atom stereocenters. The summed E-state index contributed by atoms with van der Waals surface area (Å²) in [7, 11) is 0. The maximum Gasteiger partial charge on any atom is 1.00 e. The number of rotatable bonds is 3. The number of carbonyl (C=O) groups is 1. The Bertz CT molecular complexity index is 113. The number of aliphatic carboxylic acids is 1. The number of hydrogen-bond acceptors (Lipinski definition) is 3. The van der Waals surface area contributed by atoms with E-state index in [1.165, 1.54) is 0 Å². The van der Waals surface area contributed by atoms with Gasteiger partial charge in [0, 0.05) is 12.6 Å². The Morgan fingerprint density at radius 3 is 2.20 bits per heavy atom. The van der Waals surface area contributed by atoms with Gasteiger partial charge >= 0.3 is 35.5 Å². The Balaban J connectivity index is -0.000000320. The van der Waals surface area contributed by atoms with Crippen LogP contribution in [0.3, 0.4) is 0 Å². The van der Waals surface area contributed by atoms with Crippen molar-refractivity contribution in [3.63, 3.8) is 0 Å². The van der Waals surface area contributed by atoms with Crippen molar-refractivity contribution in [1.29, 1.82) is 0 Å². The zero-order valence-corrected chi connectivity index (χ0v) is 8.37. The fraction of sp³-hybridized carbons (Fsp3) is 0.800. The van der Waals surface area contributed by atoms with Crippen molar-refractivity contribution in [1.82, 2.24) is 0 Å². The van der Waals surface area contributed by atoms with Crippen LogP contribution in [0.2, 0.25) is 0 Å². The maximum atomic E-state index is 10.2. The van der Waals surface area contributed by atoms with Gasteiger partial charge in [-0.25, -0.2) is 0 Å². The molecule has 0 aliphatic rings. The fourth-order valence-corrected chi connectivity index (χ4v) is 0.540. The van der Waals surface area contributed by atoms with E-state index in [1.54, 1.807) is 6.92 Å². The summed E-state index contributed by atoms with van der Waals surface area (Å²) in [6.45, 7) is 1.73. The molecule has 0 amide bonds. The molecule has 0 bridgehead atoms. The molecule has 0 aliphatic carbocycles. The third-order valence-electron chi connectivity index (χ3n) is 1.21. The zero-order chi connectivity index (χ0) is 7.44. The number of carboxylic acid groups (broad SMARTS) is 1. The van der Waals surface area contributed by atoms with Crippen molar-refractivity contribution in [3.8, 4) is 0 Å². The van der Waals surface area contributed by atoms with Gasteiger partial charge in [-0.3, -0.25) is 4.79 Å². The van der Waals surface area contributed by atoms with Crippen molar-refractivity contribution in [2.45, 2.75) is 13.0 Å². The third kappa shape index (κ3) is 4.24. The second-order valence-corrected chi connectivity index (χ2v) is 2.04. The van der Waals surface area contributed by atoms with E-state index in [9.17, 15) is 4.79 Å². The molecule has 0 aromatic heterocycles. The molecule has 0 saturated heterocycles. The average Bonchev–Trinajstić information content (AvgIpc) is 1.64. The minimum Gasteiger partial charge on any atom is -1.00 e. The standard InChI is InChI=1S/C5H12N2O2.Na.H/c1-3(7)4(2-6)5(8)9;;/h3-4H,2,6-7H2,1H3,(H,8,9);;/q;+1;-1. The van der Waals surface area contributed by atoms with E-state index in [1.807, 2.05) is 0 Å². The molecule has 0 spiro atoms. The molecule has 2 unspecified atom stereocenters. The molecular weight excluding hydrogens is 143 g/mol. The molecule has 0 fully saturated rings. The smallest absolute Gasteiger partial charge is 1.00 e. The Morgan fingerprint density at radius 2 is 2.20 bits per heavy atom. The van der Waals surface area contributed by atoms with E-state index in [0.717, 1.165) is 0 Å². The fourth-order valence-electron chi connectivity index (χ4n) is 0.540. The molecule has 0 rings (SSSR count). The van der Waals surface area contributed by atoms with Crippen molar-refractivity contribution >= 4 is 5.97 Å². The molecule has 10 heavy (non-hydrogen) atoms. The number of nitrogens with two attached hydrogens (primary N) is 2. The van der Waals surface area contributed by atoms with Gasteiger partial charge in [0.1, 0.15) is 0 Å². The molecule has 0 radical (unpaired) electrons. The van der Waals surface area contributed by atoms with Crippen LogP contribution in [0.4, 0.5) is 0 Å². The normalized spacial score (nSPS) is 15.1. The molecule has 0 aromatic rings. The molecule has 0 aromatic carbocycles. The summed E-state index contributed by atoms with van der Waals surface area (Å²) in [5.41, 5.74) is 10.4. The van der Waals surface area contributed by atoms with Gasteiger partial charge < -0.3 is 18.0 Å². The SMILES string of the molecule is CC(N)C(CN)C(=O)O.[H-].[Na+]. The Hall–Kier alpha value is 0.390. The molecule has 5 N–H and O–H groups in total. The van der Waals surface area contributed by atoms with E-state index in [-0.39, 0.29) is 43.6 Å². The first kappa shape index (κ1) is 13.0. The molecule has 0 aliphatic heterocycles. The summed E-state index contributed by atoms with van der Waals surface area (Å²) in [6, 6.07) is -0.368. The number of hydrogen-bond donors (Lipinski definition) is 3. The van der Waals surface area contributed by atoms with E-state index in [4.69, 9.17) is 16.6 Å². The second kappa shape index (κ2) is 6.12. The van der Waals surface area contributed by atoms with Gasteiger partial charge in [0.15, 0.2) is 0 Å². The molecular formula is C5H13N2NaO2. The first-order chi connectivity index (χ1) is 4.09. The van der Waals surface area contributed by atoms with E-state index >= 15 is 0 Å². The van der Waals surface area contributed by atoms with E-state index in [0.29, 0.717) is 0 Å². The topological polar surface area (TPSA) is 89.3 Å². The molecule has 0 heterocycles. The van der Waals surface area contributed by atoms with Crippen LogP contribution in [-0.4, -0.2) is 23.7 Å². The van der Waals surface area contributed by atoms with E-state index in [2.05, 4.69) is 0 Å².